The van der Waals surface area contributed by atoms with Crippen LogP contribution in [0, 0.1) is 0 Å². The number of nitrogen functional groups attached to an aromatic ring is 1. The summed E-state index contributed by atoms with van der Waals surface area (Å²) in [5, 5.41) is 7.63. The Balaban J connectivity index is 2.20. The van der Waals surface area contributed by atoms with Crippen LogP contribution in [0.3, 0.4) is 0 Å². The second kappa shape index (κ2) is 5.82. The molecule has 96 valence electrons. The summed E-state index contributed by atoms with van der Waals surface area (Å²) in [5.41, 5.74) is 8.19. The van der Waals surface area contributed by atoms with Crippen molar-refractivity contribution in [2.45, 2.75) is 32.7 Å². The highest BCUT2D eigenvalue weighted by molar-refractivity contribution is 7.07. The molecule has 1 atom stereocenters. The fraction of sp³-hybridized carbons (Fsp3) is 0.385. The van der Waals surface area contributed by atoms with E-state index in [-0.39, 0.29) is 6.04 Å². The van der Waals surface area contributed by atoms with E-state index in [1.165, 1.54) is 11.9 Å². The molecule has 0 aliphatic carbocycles. The van der Waals surface area contributed by atoms with E-state index < -0.39 is 0 Å². The number of hydrogen-bond donors (Lipinski definition) is 2. The van der Waals surface area contributed by atoms with Gasteiger partial charge in [0.05, 0.1) is 6.04 Å². The van der Waals surface area contributed by atoms with Gasteiger partial charge in [0.25, 0.3) is 0 Å². The summed E-state index contributed by atoms with van der Waals surface area (Å²) in [6.07, 6.45) is 3.43. The molecule has 5 heteroatoms. The van der Waals surface area contributed by atoms with Crippen molar-refractivity contribution in [1.82, 2.24) is 9.97 Å². The van der Waals surface area contributed by atoms with Gasteiger partial charge in [0, 0.05) is 5.56 Å². The molecule has 0 aromatic carbocycles. The molecule has 0 amide bonds. The maximum atomic E-state index is 5.91. The first-order chi connectivity index (χ1) is 8.72. The Morgan fingerprint density at radius 2 is 2.28 bits per heavy atom. The summed E-state index contributed by atoms with van der Waals surface area (Å²) in [6.45, 7) is 4.24. The zero-order valence-electron chi connectivity index (χ0n) is 10.7. The van der Waals surface area contributed by atoms with E-state index in [2.05, 4.69) is 46.0 Å². The van der Waals surface area contributed by atoms with Gasteiger partial charge in [-0.05, 0) is 35.7 Å². The van der Waals surface area contributed by atoms with E-state index in [1.54, 1.807) is 11.3 Å². The van der Waals surface area contributed by atoms with E-state index in [4.69, 9.17) is 5.73 Å². The molecule has 0 fully saturated rings. The van der Waals surface area contributed by atoms with E-state index >= 15 is 0 Å². The van der Waals surface area contributed by atoms with E-state index in [9.17, 15) is 0 Å². The molecule has 18 heavy (non-hydrogen) atoms. The first-order valence-corrected chi connectivity index (χ1v) is 7.04. The maximum Gasteiger partial charge on any atom is 0.135 e. The number of nitrogens with one attached hydrogen (secondary N) is 1. The van der Waals surface area contributed by atoms with Crippen LogP contribution < -0.4 is 11.1 Å². The van der Waals surface area contributed by atoms with Gasteiger partial charge in [0.2, 0.25) is 0 Å². The summed E-state index contributed by atoms with van der Waals surface area (Å²) in [7, 11) is 0. The molecule has 1 unspecified atom stereocenters. The van der Waals surface area contributed by atoms with Gasteiger partial charge in [-0.3, -0.25) is 0 Å². The highest BCUT2D eigenvalue weighted by atomic mass is 32.1. The van der Waals surface area contributed by atoms with Gasteiger partial charge in [0.1, 0.15) is 18.0 Å². The average Bonchev–Trinajstić information content (AvgIpc) is 2.87. The zero-order valence-corrected chi connectivity index (χ0v) is 11.5. The van der Waals surface area contributed by atoms with Crippen molar-refractivity contribution in [3.63, 3.8) is 0 Å². The molecule has 2 aromatic heterocycles. The molecule has 0 bridgehead atoms. The van der Waals surface area contributed by atoms with Gasteiger partial charge in [0.15, 0.2) is 0 Å². The highest BCUT2D eigenvalue weighted by Crippen LogP contribution is 2.25. The van der Waals surface area contributed by atoms with Gasteiger partial charge < -0.3 is 11.1 Å². The SMILES string of the molecule is CCCc1c(N)ncnc1NC(C)c1ccsc1. The Kier molecular flexibility index (Phi) is 4.15. The molecule has 2 heterocycles. The number of rotatable bonds is 5. The van der Waals surface area contributed by atoms with Crippen LogP contribution in [0.4, 0.5) is 11.6 Å². The van der Waals surface area contributed by atoms with Gasteiger partial charge in [-0.2, -0.15) is 11.3 Å². The molecule has 0 aliphatic rings. The number of hydrogen-bond acceptors (Lipinski definition) is 5. The van der Waals surface area contributed by atoms with Crippen LogP contribution in [0.1, 0.15) is 37.4 Å². The molecule has 2 rings (SSSR count). The van der Waals surface area contributed by atoms with Gasteiger partial charge in [-0.1, -0.05) is 13.3 Å². The Morgan fingerprint density at radius 3 is 2.94 bits per heavy atom. The third-order valence-electron chi connectivity index (χ3n) is 2.88. The number of aromatic nitrogens is 2. The van der Waals surface area contributed by atoms with Crippen molar-refractivity contribution < 1.29 is 0 Å². The first-order valence-electron chi connectivity index (χ1n) is 6.10. The molecule has 0 saturated heterocycles. The fourth-order valence-corrected chi connectivity index (χ4v) is 2.61. The average molecular weight is 262 g/mol. The maximum absolute atomic E-state index is 5.91. The Hall–Kier alpha value is -1.62. The lowest BCUT2D eigenvalue weighted by Gasteiger charge is -2.16. The van der Waals surface area contributed by atoms with Crippen molar-refractivity contribution in [2.75, 3.05) is 11.1 Å². The molecular weight excluding hydrogens is 244 g/mol. The van der Waals surface area contributed by atoms with Gasteiger partial charge in [-0.25, -0.2) is 9.97 Å². The van der Waals surface area contributed by atoms with Crippen LogP contribution in [-0.2, 0) is 6.42 Å². The minimum Gasteiger partial charge on any atom is -0.383 e. The Bertz CT molecular complexity index is 496. The third kappa shape index (κ3) is 2.79. The molecule has 0 radical (unpaired) electrons. The third-order valence-corrected chi connectivity index (χ3v) is 3.58. The van der Waals surface area contributed by atoms with Crippen LogP contribution in [-0.4, -0.2) is 9.97 Å². The monoisotopic (exact) mass is 262 g/mol. The van der Waals surface area contributed by atoms with Crippen LogP contribution in [0.5, 0.6) is 0 Å². The fourth-order valence-electron chi connectivity index (χ4n) is 1.86. The summed E-state index contributed by atoms with van der Waals surface area (Å²) in [6, 6.07) is 2.34. The van der Waals surface area contributed by atoms with E-state index in [0.717, 1.165) is 24.2 Å². The minimum absolute atomic E-state index is 0.223. The number of thiophene rings is 1. The molecule has 0 aliphatic heterocycles. The zero-order chi connectivity index (χ0) is 13.0. The molecule has 0 spiro atoms. The van der Waals surface area contributed by atoms with Crippen LogP contribution in [0.15, 0.2) is 23.2 Å². The van der Waals surface area contributed by atoms with Gasteiger partial charge in [-0.15, -0.1) is 0 Å². The minimum atomic E-state index is 0.223. The number of nitrogens with zero attached hydrogens (tertiary/aromatic N) is 2. The second-order valence-electron chi connectivity index (χ2n) is 4.26. The number of nitrogens with two attached hydrogens (primary N) is 1. The van der Waals surface area contributed by atoms with Crippen molar-refractivity contribution >= 4 is 23.0 Å². The van der Waals surface area contributed by atoms with E-state index in [0.29, 0.717) is 5.82 Å². The van der Waals surface area contributed by atoms with Crippen LogP contribution in [0.25, 0.3) is 0 Å². The summed E-state index contributed by atoms with van der Waals surface area (Å²) in [5.74, 6) is 1.43. The van der Waals surface area contributed by atoms with Crippen LogP contribution >= 0.6 is 11.3 Å². The standard InChI is InChI=1S/C13H18N4S/c1-3-4-11-12(14)15-8-16-13(11)17-9(2)10-5-6-18-7-10/h5-9H,3-4H2,1-2H3,(H3,14,15,16,17). The van der Waals surface area contributed by atoms with E-state index in [1.807, 2.05) is 0 Å². The number of anilines is 2. The molecular formula is C13H18N4S. The summed E-state index contributed by atoms with van der Waals surface area (Å²) < 4.78 is 0. The first kappa shape index (κ1) is 12.8. The quantitative estimate of drug-likeness (QED) is 0.868. The predicted molar refractivity (Wildman–Crippen MR) is 76.8 cm³/mol. The molecule has 4 nitrogen and oxygen atoms in total. The predicted octanol–water partition coefficient (Wildman–Crippen LogP) is 3.25. The molecule has 3 N–H and O–H groups in total. The Morgan fingerprint density at radius 1 is 1.44 bits per heavy atom. The lowest BCUT2D eigenvalue weighted by atomic mass is 10.1. The lowest BCUT2D eigenvalue weighted by molar-refractivity contribution is 0.852. The van der Waals surface area contributed by atoms with Crippen molar-refractivity contribution in [2.24, 2.45) is 0 Å². The highest BCUT2D eigenvalue weighted by Gasteiger charge is 2.12. The van der Waals surface area contributed by atoms with Crippen molar-refractivity contribution in [3.8, 4) is 0 Å². The van der Waals surface area contributed by atoms with Crippen molar-refractivity contribution in [3.05, 3.63) is 34.3 Å². The Labute approximate surface area is 111 Å². The summed E-state index contributed by atoms with van der Waals surface area (Å²) in [4.78, 5) is 8.37. The normalized spacial score (nSPS) is 12.3. The van der Waals surface area contributed by atoms with Crippen LogP contribution in [0.2, 0.25) is 0 Å². The van der Waals surface area contributed by atoms with Crippen molar-refractivity contribution in [1.29, 1.82) is 0 Å². The summed E-state index contributed by atoms with van der Waals surface area (Å²) >= 11 is 1.70. The van der Waals surface area contributed by atoms with Gasteiger partial charge >= 0.3 is 0 Å². The topological polar surface area (TPSA) is 63.8 Å². The smallest absolute Gasteiger partial charge is 0.135 e. The molecule has 0 saturated carbocycles. The largest absolute Gasteiger partial charge is 0.383 e. The second-order valence-corrected chi connectivity index (χ2v) is 5.04. The molecule has 2 aromatic rings. The lowest BCUT2D eigenvalue weighted by Crippen LogP contribution is -2.11.